The van der Waals surface area contributed by atoms with Crippen molar-refractivity contribution in [1.82, 2.24) is 14.9 Å². The minimum Gasteiger partial charge on any atom is -0.349 e. The van der Waals surface area contributed by atoms with Gasteiger partial charge in [0, 0.05) is 37.5 Å². The number of alkyl halides is 1. The number of hydrogen-bond acceptors (Lipinski definition) is 2. The Hall–Kier alpha value is -2.95. The molecule has 0 saturated carbocycles. The predicted molar refractivity (Wildman–Crippen MR) is 117 cm³/mol. The molecule has 1 aromatic heterocycles. The van der Waals surface area contributed by atoms with Gasteiger partial charge in [-0.2, -0.15) is 0 Å². The lowest BCUT2D eigenvalue weighted by Crippen LogP contribution is -2.39. The molecule has 0 spiro atoms. The molecule has 0 bridgehead atoms. The minimum atomic E-state index is -0.915. The maximum absolute atomic E-state index is 13.8. The summed E-state index contributed by atoms with van der Waals surface area (Å²) >= 11 is 0. The average Bonchev–Trinajstić information content (AvgIpc) is 3.32. The molecule has 1 saturated heterocycles. The molecule has 1 aliphatic heterocycles. The second-order valence-electron chi connectivity index (χ2n) is 8.05. The summed E-state index contributed by atoms with van der Waals surface area (Å²) in [6.45, 7) is 3.42. The molecule has 5 heteroatoms. The summed E-state index contributed by atoms with van der Waals surface area (Å²) in [5, 5.41) is 0. The lowest BCUT2D eigenvalue weighted by molar-refractivity contribution is 0.0690. The quantitative estimate of drug-likeness (QED) is 0.581. The standard InChI is InChI=1S/C25H28FN3O/c1-2-23(26)21-7-3-19(4-8-21)20-5-9-22(10-6-20)25(30)29-15-11-18(12-16-29)17-24-27-13-14-28-24/h3-10,13-14,18,23H,2,11-12,15-17H2,1H3,(H,27,28). The van der Waals surface area contributed by atoms with Gasteiger partial charge in [0.2, 0.25) is 0 Å². The number of aromatic nitrogens is 2. The summed E-state index contributed by atoms with van der Waals surface area (Å²) in [6.07, 6.45) is 6.17. The van der Waals surface area contributed by atoms with Gasteiger partial charge in [0.15, 0.2) is 0 Å². The Morgan fingerprint density at radius 1 is 1.10 bits per heavy atom. The molecule has 1 fully saturated rings. The van der Waals surface area contributed by atoms with E-state index in [4.69, 9.17) is 0 Å². The first-order valence-corrected chi connectivity index (χ1v) is 10.8. The summed E-state index contributed by atoms with van der Waals surface area (Å²) in [7, 11) is 0. The molecule has 2 aromatic carbocycles. The van der Waals surface area contributed by atoms with Crippen molar-refractivity contribution in [2.75, 3.05) is 13.1 Å². The molecular formula is C25H28FN3O. The number of benzene rings is 2. The van der Waals surface area contributed by atoms with Crippen LogP contribution in [0.5, 0.6) is 0 Å². The van der Waals surface area contributed by atoms with E-state index in [1.165, 1.54) is 0 Å². The number of nitrogens with one attached hydrogen (secondary N) is 1. The molecule has 30 heavy (non-hydrogen) atoms. The smallest absolute Gasteiger partial charge is 0.253 e. The summed E-state index contributed by atoms with van der Waals surface area (Å²) in [4.78, 5) is 22.3. The lowest BCUT2D eigenvalue weighted by atomic mass is 9.93. The number of likely N-dealkylation sites (tertiary alicyclic amines) is 1. The third kappa shape index (κ3) is 4.61. The first-order chi connectivity index (χ1) is 14.6. The van der Waals surface area contributed by atoms with Crippen LogP contribution in [0.1, 0.15) is 54.1 Å². The van der Waals surface area contributed by atoms with Crippen LogP contribution in [0.4, 0.5) is 4.39 Å². The second kappa shape index (κ2) is 9.24. The fourth-order valence-electron chi connectivity index (χ4n) is 4.13. The van der Waals surface area contributed by atoms with Gasteiger partial charge in [-0.15, -0.1) is 0 Å². The van der Waals surface area contributed by atoms with Crippen molar-refractivity contribution in [1.29, 1.82) is 0 Å². The monoisotopic (exact) mass is 405 g/mol. The van der Waals surface area contributed by atoms with Crippen molar-refractivity contribution < 1.29 is 9.18 Å². The zero-order valence-electron chi connectivity index (χ0n) is 17.4. The number of nitrogens with zero attached hydrogens (tertiary/aromatic N) is 2. The molecule has 0 radical (unpaired) electrons. The number of hydrogen-bond donors (Lipinski definition) is 1. The third-order valence-electron chi connectivity index (χ3n) is 6.03. The molecule has 1 N–H and O–H groups in total. The molecule has 1 amide bonds. The highest BCUT2D eigenvalue weighted by molar-refractivity contribution is 5.94. The first-order valence-electron chi connectivity index (χ1n) is 10.8. The Morgan fingerprint density at radius 3 is 2.30 bits per heavy atom. The number of carbonyl (C=O) groups is 1. The van der Waals surface area contributed by atoms with E-state index in [0.717, 1.165) is 54.9 Å². The Balaban J connectivity index is 1.35. The van der Waals surface area contributed by atoms with Crippen LogP contribution < -0.4 is 0 Å². The van der Waals surface area contributed by atoms with Gasteiger partial charge >= 0.3 is 0 Å². The van der Waals surface area contributed by atoms with E-state index >= 15 is 0 Å². The number of imidazole rings is 1. The normalized spacial score (nSPS) is 15.9. The number of H-pyrrole nitrogens is 1. The highest BCUT2D eigenvalue weighted by Gasteiger charge is 2.24. The van der Waals surface area contributed by atoms with Crippen LogP contribution in [0.3, 0.4) is 0 Å². The highest BCUT2D eigenvalue weighted by atomic mass is 19.1. The van der Waals surface area contributed by atoms with Crippen molar-refractivity contribution in [3.63, 3.8) is 0 Å². The average molecular weight is 406 g/mol. The van der Waals surface area contributed by atoms with E-state index < -0.39 is 6.17 Å². The van der Waals surface area contributed by atoms with Gasteiger partial charge in [-0.3, -0.25) is 4.79 Å². The fraction of sp³-hybridized carbons (Fsp3) is 0.360. The van der Waals surface area contributed by atoms with Crippen molar-refractivity contribution in [3.05, 3.63) is 77.9 Å². The van der Waals surface area contributed by atoms with E-state index in [0.29, 0.717) is 17.9 Å². The Morgan fingerprint density at radius 2 is 1.73 bits per heavy atom. The summed E-state index contributed by atoms with van der Waals surface area (Å²) < 4.78 is 13.8. The zero-order chi connectivity index (χ0) is 20.9. The number of aromatic amines is 1. The number of piperidine rings is 1. The van der Waals surface area contributed by atoms with Crippen molar-refractivity contribution in [3.8, 4) is 11.1 Å². The van der Waals surface area contributed by atoms with E-state index in [1.54, 1.807) is 6.20 Å². The third-order valence-corrected chi connectivity index (χ3v) is 6.03. The molecule has 156 valence electrons. The summed E-state index contributed by atoms with van der Waals surface area (Å²) in [5.74, 6) is 1.69. The molecule has 1 aliphatic rings. The van der Waals surface area contributed by atoms with Crippen LogP contribution in [0, 0.1) is 5.92 Å². The number of rotatable bonds is 6. The maximum Gasteiger partial charge on any atom is 0.253 e. The molecule has 1 atom stereocenters. The lowest BCUT2D eigenvalue weighted by Gasteiger charge is -2.31. The Labute approximate surface area is 177 Å². The van der Waals surface area contributed by atoms with Crippen molar-refractivity contribution >= 4 is 5.91 Å². The van der Waals surface area contributed by atoms with E-state index in [1.807, 2.05) is 66.6 Å². The Bertz CT molecular complexity index is 943. The van der Waals surface area contributed by atoms with Gasteiger partial charge in [-0.25, -0.2) is 9.37 Å². The van der Waals surface area contributed by atoms with E-state index in [9.17, 15) is 9.18 Å². The summed E-state index contributed by atoms with van der Waals surface area (Å²) in [6, 6.07) is 15.3. The SMILES string of the molecule is CCC(F)c1ccc(-c2ccc(C(=O)N3CCC(Cc4ncc[nH]4)CC3)cc2)cc1. The Kier molecular flexibility index (Phi) is 6.26. The van der Waals surface area contributed by atoms with Gasteiger partial charge in [0.25, 0.3) is 5.91 Å². The van der Waals surface area contributed by atoms with Crippen molar-refractivity contribution in [2.24, 2.45) is 5.92 Å². The van der Waals surface area contributed by atoms with Gasteiger partial charge in [0.1, 0.15) is 12.0 Å². The van der Waals surface area contributed by atoms with Crippen LogP contribution in [-0.4, -0.2) is 33.9 Å². The first kappa shape index (κ1) is 20.3. The van der Waals surface area contributed by atoms with Crippen LogP contribution in [-0.2, 0) is 6.42 Å². The van der Waals surface area contributed by atoms with Crippen molar-refractivity contribution in [2.45, 2.75) is 38.8 Å². The van der Waals surface area contributed by atoms with Gasteiger partial charge in [-0.05, 0) is 54.0 Å². The number of amides is 1. The van der Waals surface area contributed by atoms with Gasteiger partial charge in [0.05, 0.1) is 0 Å². The molecular weight excluding hydrogens is 377 g/mol. The van der Waals surface area contributed by atoms with E-state index in [-0.39, 0.29) is 5.91 Å². The van der Waals surface area contributed by atoms with E-state index in [2.05, 4.69) is 9.97 Å². The molecule has 3 aromatic rings. The maximum atomic E-state index is 13.8. The minimum absolute atomic E-state index is 0.0940. The second-order valence-corrected chi connectivity index (χ2v) is 8.05. The van der Waals surface area contributed by atoms with Crippen LogP contribution in [0.2, 0.25) is 0 Å². The molecule has 0 aliphatic carbocycles. The summed E-state index contributed by atoms with van der Waals surface area (Å²) in [5.41, 5.74) is 3.49. The largest absolute Gasteiger partial charge is 0.349 e. The molecule has 4 rings (SSSR count). The predicted octanol–water partition coefficient (Wildman–Crippen LogP) is 5.59. The molecule has 1 unspecified atom stereocenters. The highest BCUT2D eigenvalue weighted by Crippen LogP contribution is 2.26. The topological polar surface area (TPSA) is 49.0 Å². The number of carbonyl (C=O) groups excluding carboxylic acids is 1. The van der Waals surface area contributed by atoms with Crippen LogP contribution in [0.25, 0.3) is 11.1 Å². The van der Waals surface area contributed by atoms with Gasteiger partial charge in [-0.1, -0.05) is 43.3 Å². The molecule has 2 heterocycles. The van der Waals surface area contributed by atoms with Gasteiger partial charge < -0.3 is 9.88 Å². The fourth-order valence-corrected chi connectivity index (χ4v) is 4.13. The number of halogens is 1. The molecule has 4 nitrogen and oxygen atoms in total. The van der Waals surface area contributed by atoms with Crippen LogP contribution in [0.15, 0.2) is 60.9 Å². The zero-order valence-corrected chi connectivity index (χ0v) is 17.4. The van der Waals surface area contributed by atoms with Crippen LogP contribution >= 0.6 is 0 Å².